The minimum atomic E-state index is -0.787. The molecule has 2 aliphatic rings. The molecule has 4 aromatic rings. The first-order valence-electron chi connectivity index (χ1n) is 14.5. The molecule has 1 amide bonds. The van der Waals surface area contributed by atoms with Crippen LogP contribution in [0.4, 0.5) is 5.69 Å². The number of rotatable bonds is 7. The molecule has 12 nitrogen and oxygen atoms in total. The molecule has 1 saturated heterocycles. The third kappa shape index (κ3) is 5.54. The number of aliphatic hydroxyl groups excluding tert-OH is 1. The van der Waals surface area contributed by atoms with Crippen LogP contribution in [0.2, 0.25) is 5.02 Å². The first-order chi connectivity index (χ1) is 21.6. The van der Waals surface area contributed by atoms with Crippen molar-refractivity contribution in [2.24, 2.45) is 14.1 Å². The Hall–Kier alpha value is -4.36. The van der Waals surface area contributed by atoms with Gasteiger partial charge in [0.05, 0.1) is 43.2 Å². The number of pyridine rings is 1. The predicted octanol–water partition coefficient (Wildman–Crippen LogP) is 2.77. The van der Waals surface area contributed by atoms with Crippen molar-refractivity contribution in [1.82, 2.24) is 24.6 Å². The van der Waals surface area contributed by atoms with Gasteiger partial charge in [-0.1, -0.05) is 41.9 Å². The minimum absolute atomic E-state index is 0.0172. The Labute approximate surface area is 263 Å². The van der Waals surface area contributed by atoms with Gasteiger partial charge in [0.2, 0.25) is 11.6 Å². The summed E-state index contributed by atoms with van der Waals surface area (Å²) in [6.45, 7) is 2.62. The number of amides is 1. The molecule has 6 rings (SSSR count). The van der Waals surface area contributed by atoms with E-state index in [9.17, 15) is 19.5 Å². The maximum atomic E-state index is 13.1. The van der Waals surface area contributed by atoms with Gasteiger partial charge in [-0.25, -0.2) is 14.5 Å². The van der Waals surface area contributed by atoms with E-state index < -0.39 is 29.0 Å². The molecule has 3 atom stereocenters. The third-order valence-corrected chi connectivity index (χ3v) is 8.91. The summed E-state index contributed by atoms with van der Waals surface area (Å²) in [5.41, 5.74) is 4.34. The quantitative estimate of drug-likeness (QED) is 0.280. The fourth-order valence-electron chi connectivity index (χ4n) is 6.05. The molecule has 3 heterocycles. The summed E-state index contributed by atoms with van der Waals surface area (Å²) in [5, 5.41) is 20.9. The monoisotopic (exact) mass is 632 g/mol. The second-order valence-corrected chi connectivity index (χ2v) is 11.7. The van der Waals surface area contributed by atoms with Crippen LogP contribution in [0.5, 0.6) is 5.88 Å². The van der Waals surface area contributed by atoms with Gasteiger partial charge in [-0.2, -0.15) is 5.10 Å². The number of aromatic nitrogens is 4. The molecule has 3 N–H and O–H groups in total. The Bertz CT molecular complexity index is 1940. The first kappa shape index (κ1) is 30.7. The SMILES string of the molecule is COc1nc(-c2cccc(-c3cccc(NC(=O)c4nn(C)c(=O)n(C)c4=O)c3C)c2Cl)cc2c1[C@H](N[C@@H]1COC[C@H]1O)CC2. The van der Waals surface area contributed by atoms with Crippen molar-refractivity contribution in [3.8, 4) is 28.3 Å². The molecule has 1 fully saturated rings. The zero-order chi connectivity index (χ0) is 32.0. The molecule has 1 aliphatic carbocycles. The largest absolute Gasteiger partial charge is 0.481 e. The summed E-state index contributed by atoms with van der Waals surface area (Å²) in [7, 11) is 4.26. The molecule has 0 saturated carbocycles. The molecule has 2 aromatic carbocycles. The molecule has 0 radical (unpaired) electrons. The van der Waals surface area contributed by atoms with Crippen LogP contribution in [-0.4, -0.2) is 62.8 Å². The van der Waals surface area contributed by atoms with E-state index in [1.165, 1.54) is 14.1 Å². The van der Waals surface area contributed by atoms with Gasteiger partial charge in [0.1, 0.15) is 0 Å². The van der Waals surface area contributed by atoms with Crippen molar-refractivity contribution in [3.05, 3.63) is 90.7 Å². The maximum absolute atomic E-state index is 13.1. The lowest BCUT2D eigenvalue weighted by molar-refractivity contribution is 0.101. The fourth-order valence-corrected chi connectivity index (χ4v) is 6.37. The molecule has 45 heavy (non-hydrogen) atoms. The summed E-state index contributed by atoms with van der Waals surface area (Å²) >= 11 is 7.07. The van der Waals surface area contributed by atoms with Gasteiger partial charge >= 0.3 is 5.69 Å². The van der Waals surface area contributed by atoms with Gasteiger partial charge in [-0.3, -0.25) is 14.2 Å². The molecular weight excluding hydrogens is 600 g/mol. The Kier molecular flexibility index (Phi) is 8.31. The molecule has 0 unspecified atom stereocenters. The van der Waals surface area contributed by atoms with Crippen molar-refractivity contribution in [2.75, 3.05) is 25.6 Å². The van der Waals surface area contributed by atoms with Crippen LogP contribution < -0.4 is 26.6 Å². The molecule has 0 bridgehead atoms. The second kappa shape index (κ2) is 12.2. The average molecular weight is 633 g/mol. The molecule has 0 spiro atoms. The number of anilines is 1. The highest BCUT2D eigenvalue weighted by molar-refractivity contribution is 6.36. The lowest BCUT2D eigenvalue weighted by atomic mass is 9.96. The topological polar surface area (TPSA) is 150 Å². The number of fused-ring (bicyclic) bond motifs is 1. The number of aliphatic hydroxyl groups is 1. The summed E-state index contributed by atoms with van der Waals surface area (Å²) < 4.78 is 12.9. The van der Waals surface area contributed by atoms with Crippen LogP contribution in [0.3, 0.4) is 0 Å². The number of aryl methyl sites for hydroxylation is 2. The summed E-state index contributed by atoms with van der Waals surface area (Å²) in [5.74, 6) is -0.227. The summed E-state index contributed by atoms with van der Waals surface area (Å²) in [6.07, 6.45) is 1.10. The van der Waals surface area contributed by atoms with E-state index in [2.05, 4.69) is 15.7 Å². The number of hydrogen-bond acceptors (Lipinski definition) is 9. The Morgan fingerprint density at radius 2 is 1.84 bits per heavy atom. The smallest absolute Gasteiger partial charge is 0.346 e. The van der Waals surface area contributed by atoms with Crippen LogP contribution in [0.1, 0.15) is 39.6 Å². The van der Waals surface area contributed by atoms with Gasteiger partial charge in [-0.15, -0.1) is 0 Å². The van der Waals surface area contributed by atoms with Gasteiger partial charge in [0.25, 0.3) is 11.5 Å². The highest BCUT2D eigenvalue weighted by atomic mass is 35.5. The molecule has 2 aromatic heterocycles. The van der Waals surface area contributed by atoms with Crippen molar-refractivity contribution < 1.29 is 19.4 Å². The van der Waals surface area contributed by atoms with Crippen LogP contribution in [0.15, 0.2) is 52.1 Å². The number of benzene rings is 2. The van der Waals surface area contributed by atoms with E-state index in [-0.39, 0.29) is 12.1 Å². The van der Waals surface area contributed by atoms with Crippen LogP contribution in [-0.2, 0) is 25.3 Å². The van der Waals surface area contributed by atoms with Gasteiger partial charge in [0.15, 0.2) is 0 Å². The molecule has 234 valence electrons. The Balaban J connectivity index is 1.32. The average Bonchev–Trinajstić information content (AvgIpc) is 3.64. The highest BCUT2D eigenvalue weighted by Gasteiger charge is 2.34. The van der Waals surface area contributed by atoms with E-state index in [0.717, 1.165) is 55.5 Å². The Morgan fingerprint density at radius 1 is 1.11 bits per heavy atom. The highest BCUT2D eigenvalue weighted by Crippen LogP contribution is 2.43. The summed E-state index contributed by atoms with van der Waals surface area (Å²) in [6, 6.07) is 13.0. The van der Waals surface area contributed by atoms with Crippen molar-refractivity contribution in [3.63, 3.8) is 0 Å². The first-order valence-corrected chi connectivity index (χ1v) is 14.9. The molecular formula is C32H33ClN6O6. The number of methoxy groups -OCH3 is 1. The number of nitrogens with zero attached hydrogens (tertiary/aromatic N) is 4. The lowest BCUT2D eigenvalue weighted by Crippen LogP contribution is -2.43. The predicted molar refractivity (Wildman–Crippen MR) is 169 cm³/mol. The van der Waals surface area contributed by atoms with Crippen LogP contribution >= 0.6 is 11.6 Å². The Morgan fingerprint density at radius 3 is 2.58 bits per heavy atom. The zero-order valence-electron chi connectivity index (χ0n) is 25.3. The van der Waals surface area contributed by atoms with Crippen molar-refractivity contribution >= 4 is 23.2 Å². The standard InChI is InChI=1S/C32H33ClN6O6/c1-16-18(7-6-10-21(16)35-29(41)28-31(42)38(2)32(43)39(3)37-28)19-8-5-9-20(27(19)33)23-13-17-11-12-22(26(17)30(36-23)44-4)34-24-14-45-15-25(24)40/h5-10,13,22,24-25,34,40H,11-12,14-15H2,1-4H3,(H,35,41)/t22-,24-,25-/m1/s1. The fraction of sp³-hybridized carbons (Fsp3) is 0.344. The van der Waals surface area contributed by atoms with E-state index in [0.29, 0.717) is 35.5 Å². The third-order valence-electron chi connectivity index (χ3n) is 8.50. The van der Waals surface area contributed by atoms with Crippen LogP contribution in [0.25, 0.3) is 22.4 Å². The number of carbonyl (C=O) groups is 1. The van der Waals surface area contributed by atoms with Crippen LogP contribution in [0, 0.1) is 6.92 Å². The molecule has 1 aliphatic heterocycles. The van der Waals surface area contributed by atoms with E-state index in [1.54, 1.807) is 19.2 Å². The lowest BCUT2D eigenvalue weighted by Gasteiger charge is -2.22. The number of hydrogen-bond donors (Lipinski definition) is 3. The van der Waals surface area contributed by atoms with Gasteiger partial charge in [0, 0.05) is 42.5 Å². The zero-order valence-corrected chi connectivity index (χ0v) is 26.0. The van der Waals surface area contributed by atoms with E-state index in [1.807, 2.05) is 37.3 Å². The molecule has 13 heteroatoms. The van der Waals surface area contributed by atoms with E-state index in [4.69, 9.17) is 26.1 Å². The maximum Gasteiger partial charge on any atom is 0.346 e. The van der Waals surface area contributed by atoms with Crippen molar-refractivity contribution in [1.29, 1.82) is 0 Å². The number of halogens is 1. The van der Waals surface area contributed by atoms with Gasteiger partial charge < -0.3 is 25.2 Å². The second-order valence-electron chi connectivity index (χ2n) is 11.3. The van der Waals surface area contributed by atoms with Crippen molar-refractivity contribution in [2.45, 2.75) is 38.0 Å². The summed E-state index contributed by atoms with van der Waals surface area (Å²) in [4.78, 5) is 42.5. The number of nitrogens with one attached hydrogen (secondary N) is 2. The van der Waals surface area contributed by atoms with Gasteiger partial charge in [-0.05, 0) is 48.6 Å². The number of carbonyl (C=O) groups excluding carboxylic acids is 1. The number of ether oxygens (including phenoxy) is 2. The van der Waals surface area contributed by atoms with E-state index >= 15 is 0 Å². The minimum Gasteiger partial charge on any atom is -0.481 e. The normalized spacial score (nSPS) is 19.0.